The predicted molar refractivity (Wildman–Crippen MR) is 130 cm³/mol. The minimum absolute atomic E-state index is 0.278. The average Bonchev–Trinajstić information content (AvgIpc) is 3.34. The lowest BCUT2D eigenvalue weighted by molar-refractivity contribution is 0.352. The van der Waals surface area contributed by atoms with Crippen molar-refractivity contribution in [1.82, 2.24) is 13.9 Å². The lowest BCUT2D eigenvalue weighted by Crippen LogP contribution is -2.27. The van der Waals surface area contributed by atoms with Crippen LogP contribution in [0, 0.1) is 11.7 Å². The van der Waals surface area contributed by atoms with E-state index in [0.717, 1.165) is 30.1 Å². The molecule has 1 aliphatic heterocycles. The van der Waals surface area contributed by atoms with Crippen molar-refractivity contribution in [1.29, 1.82) is 0 Å². The van der Waals surface area contributed by atoms with Crippen molar-refractivity contribution in [3.05, 3.63) is 41.7 Å². The van der Waals surface area contributed by atoms with E-state index in [4.69, 9.17) is 14.5 Å². The molecule has 0 spiro atoms. The summed E-state index contributed by atoms with van der Waals surface area (Å²) in [6.07, 6.45) is 4.14. The molecule has 2 heterocycles. The summed E-state index contributed by atoms with van der Waals surface area (Å²) in [5.74, 6) is 1.42. The summed E-state index contributed by atoms with van der Waals surface area (Å²) in [5, 5.41) is 0.756. The Balaban J connectivity index is 1.46. The first-order valence-corrected chi connectivity index (χ1v) is 13.9. The van der Waals surface area contributed by atoms with Crippen LogP contribution < -0.4 is 9.47 Å². The van der Waals surface area contributed by atoms with Crippen LogP contribution in [0.5, 0.6) is 11.5 Å². The third-order valence-electron chi connectivity index (χ3n) is 6.43. The van der Waals surface area contributed by atoms with E-state index in [-0.39, 0.29) is 10.7 Å². The molecule has 2 aromatic carbocycles. The second-order valence-electron chi connectivity index (χ2n) is 8.80. The maximum absolute atomic E-state index is 14.7. The SMILES string of the molecule is COc1cc(F)c(CSc2nc3cc(S(=O)(=O)N4CCCC4)ccc3n2CC2CC2)cc1OC. The van der Waals surface area contributed by atoms with Gasteiger partial charge in [0.25, 0.3) is 0 Å². The van der Waals surface area contributed by atoms with Gasteiger partial charge in [0.2, 0.25) is 10.0 Å². The summed E-state index contributed by atoms with van der Waals surface area (Å²) in [6, 6.07) is 8.19. The highest BCUT2D eigenvalue weighted by Crippen LogP contribution is 2.37. The highest BCUT2D eigenvalue weighted by Gasteiger charge is 2.29. The van der Waals surface area contributed by atoms with Gasteiger partial charge in [-0.15, -0.1) is 0 Å². The molecule has 7 nitrogen and oxygen atoms in total. The minimum Gasteiger partial charge on any atom is -0.493 e. The molecular weight excluding hydrogens is 477 g/mol. The predicted octanol–water partition coefficient (Wildman–Crippen LogP) is 4.68. The molecule has 1 aliphatic carbocycles. The third-order valence-corrected chi connectivity index (χ3v) is 9.35. The van der Waals surface area contributed by atoms with Gasteiger partial charge in [-0.3, -0.25) is 0 Å². The van der Waals surface area contributed by atoms with E-state index in [1.807, 2.05) is 6.07 Å². The fourth-order valence-electron chi connectivity index (χ4n) is 4.32. The molecule has 3 aromatic rings. The fraction of sp³-hybridized carbons (Fsp3) is 0.458. The van der Waals surface area contributed by atoms with Crippen LogP contribution in [0.4, 0.5) is 4.39 Å². The zero-order chi connectivity index (χ0) is 23.9. The first-order valence-electron chi connectivity index (χ1n) is 11.4. The maximum Gasteiger partial charge on any atom is 0.243 e. The summed E-state index contributed by atoms with van der Waals surface area (Å²) < 4.78 is 54.9. The number of hydrogen-bond donors (Lipinski definition) is 0. The number of nitrogens with zero attached hydrogens (tertiary/aromatic N) is 3. The molecule has 0 radical (unpaired) electrons. The Hall–Kier alpha value is -2.30. The first-order chi connectivity index (χ1) is 16.4. The molecule has 182 valence electrons. The Morgan fingerprint density at radius 2 is 1.79 bits per heavy atom. The van der Waals surface area contributed by atoms with E-state index in [1.165, 1.54) is 44.9 Å². The van der Waals surface area contributed by atoms with Crippen molar-refractivity contribution < 1.29 is 22.3 Å². The molecule has 0 bridgehead atoms. The molecule has 2 fully saturated rings. The number of imidazole rings is 1. The zero-order valence-corrected chi connectivity index (χ0v) is 20.9. The Kier molecular flexibility index (Phi) is 6.47. The number of benzene rings is 2. The van der Waals surface area contributed by atoms with Crippen molar-refractivity contribution in [2.75, 3.05) is 27.3 Å². The van der Waals surface area contributed by atoms with Gasteiger partial charge in [0.1, 0.15) is 5.82 Å². The topological polar surface area (TPSA) is 73.7 Å². The molecule has 0 amide bonds. The Morgan fingerprint density at radius 1 is 1.09 bits per heavy atom. The molecule has 0 unspecified atom stereocenters. The second kappa shape index (κ2) is 9.39. The molecule has 1 saturated heterocycles. The number of rotatable bonds is 9. The average molecular weight is 506 g/mol. The number of aromatic nitrogens is 2. The van der Waals surface area contributed by atoms with Gasteiger partial charge >= 0.3 is 0 Å². The standard InChI is InChI=1S/C24H28FN3O4S2/c1-31-22-11-17(19(25)13-23(22)32-2)15-33-24-26-20-12-18(34(29,30)27-9-3-4-10-27)7-8-21(20)28(24)14-16-5-6-16/h7-8,11-13,16H,3-6,9-10,14-15H2,1-2H3. The van der Waals surface area contributed by atoms with E-state index in [2.05, 4.69) is 4.57 Å². The lowest BCUT2D eigenvalue weighted by atomic mass is 10.2. The van der Waals surface area contributed by atoms with E-state index < -0.39 is 10.0 Å². The van der Waals surface area contributed by atoms with Crippen LogP contribution in [-0.2, 0) is 22.3 Å². The fourth-order valence-corrected chi connectivity index (χ4v) is 6.85. The van der Waals surface area contributed by atoms with Gasteiger partial charge in [-0.1, -0.05) is 11.8 Å². The van der Waals surface area contributed by atoms with Crippen molar-refractivity contribution in [2.45, 2.75) is 48.0 Å². The van der Waals surface area contributed by atoms with Crippen LogP contribution in [0.1, 0.15) is 31.2 Å². The molecule has 10 heteroatoms. The Labute approximate surface area is 203 Å². The highest BCUT2D eigenvalue weighted by molar-refractivity contribution is 7.98. The van der Waals surface area contributed by atoms with Gasteiger partial charge in [-0.05, 0) is 55.9 Å². The van der Waals surface area contributed by atoms with Gasteiger partial charge in [-0.25, -0.2) is 17.8 Å². The van der Waals surface area contributed by atoms with Gasteiger partial charge in [0.15, 0.2) is 16.7 Å². The molecule has 5 rings (SSSR count). The summed E-state index contributed by atoms with van der Waals surface area (Å²) in [4.78, 5) is 5.06. The molecule has 1 saturated carbocycles. The number of fused-ring (bicyclic) bond motifs is 1. The second-order valence-corrected chi connectivity index (χ2v) is 11.7. The normalized spacial score (nSPS) is 16.9. The summed E-state index contributed by atoms with van der Waals surface area (Å²) in [5.41, 5.74) is 2.05. The zero-order valence-electron chi connectivity index (χ0n) is 19.3. The summed E-state index contributed by atoms with van der Waals surface area (Å²) >= 11 is 1.44. The Bertz CT molecular complexity index is 1320. The first kappa shape index (κ1) is 23.4. The van der Waals surface area contributed by atoms with Gasteiger partial charge < -0.3 is 14.0 Å². The molecule has 0 N–H and O–H groups in total. The van der Waals surface area contributed by atoms with E-state index >= 15 is 0 Å². The number of halogens is 1. The van der Waals surface area contributed by atoms with Crippen LogP contribution in [0.15, 0.2) is 40.4 Å². The van der Waals surface area contributed by atoms with Gasteiger partial charge in [0, 0.05) is 37.0 Å². The van der Waals surface area contributed by atoms with Crippen molar-refractivity contribution in [2.24, 2.45) is 5.92 Å². The van der Waals surface area contributed by atoms with Crippen molar-refractivity contribution in [3.8, 4) is 11.5 Å². The van der Waals surface area contributed by atoms with E-state index in [0.29, 0.717) is 47.3 Å². The van der Waals surface area contributed by atoms with Gasteiger partial charge in [-0.2, -0.15) is 4.31 Å². The number of thioether (sulfide) groups is 1. The third kappa shape index (κ3) is 4.50. The van der Waals surface area contributed by atoms with Crippen LogP contribution in [-0.4, -0.2) is 49.6 Å². The van der Waals surface area contributed by atoms with Crippen LogP contribution in [0.2, 0.25) is 0 Å². The number of methoxy groups -OCH3 is 2. The summed E-state index contributed by atoms with van der Waals surface area (Å²) in [7, 11) is -0.518. The Morgan fingerprint density at radius 3 is 2.47 bits per heavy atom. The lowest BCUT2D eigenvalue weighted by Gasteiger charge is -2.15. The molecule has 2 aliphatic rings. The quantitative estimate of drug-likeness (QED) is 0.393. The minimum atomic E-state index is -3.52. The largest absolute Gasteiger partial charge is 0.493 e. The van der Waals surface area contributed by atoms with E-state index in [9.17, 15) is 12.8 Å². The number of hydrogen-bond acceptors (Lipinski definition) is 6. The molecule has 1 aromatic heterocycles. The number of ether oxygens (including phenoxy) is 2. The van der Waals surface area contributed by atoms with Gasteiger partial charge in [0.05, 0.1) is 30.1 Å². The van der Waals surface area contributed by atoms with Crippen LogP contribution >= 0.6 is 11.8 Å². The van der Waals surface area contributed by atoms with Crippen molar-refractivity contribution in [3.63, 3.8) is 0 Å². The molecule has 0 atom stereocenters. The highest BCUT2D eigenvalue weighted by atomic mass is 32.2. The number of sulfonamides is 1. The molecule has 34 heavy (non-hydrogen) atoms. The van der Waals surface area contributed by atoms with Crippen LogP contribution in [0.25, 0.3) is 11.0 Å². The van der Waals surface area contributed by atoms with E-state index in [1.54, 1.807) is 22.5 Å². The van der Waals surface area contributed by atoms with Crippen molar-refractivity contribution >= 4 is 32.8 Å². The summed E-state index contributed by atoms with van der Waals surface area (Å²) in [6.45, 7) is 1.95. The smallest absolute Gasteiger partial charge is 0.243 e. The maximum atomic E-state index is 14.7. The van der Waals surface area contributed by atoms with Crippen LogP contribution in [0.3, 0.4) is 0 Å². The monoisotopic (exact) mass is 505 g/mol. The molecular formula is C24H28FN3O4S2.